The molecular weight excluding hydrogens is 384 g/mol. The first-order chi connectivity index (χ1) is 14.1. The number of amides is 1. The van der Waals surface area contributed by atoms with Gasteiger partial charge in [0.05, 0.1) is 11.2 Å². The number of likely N-dealkylation sites (N-methyl/N-ethyl adjacent to an activating group) is 1. The summed E-state index contributed by atoms with van der Waals surface area (Å²) in [6.45, 7) is 9.14. The number of carbonyl (C=O) groups is 2. The highest BCUT2D eigenvalue weighted by molar-refractivity contribution is 7.13. The Hall–Kier alpha value is -1.99. The Labute approximate surface area is 176 Å². The van der Waals surface area contributed by atoms with Gasteiger partial charge in [-0.3, -0.25) is 9.59 Å². The predicted octanol–water partition coefficient (Wildman–Crippen LogP) is 3.49. The molecule has 1 aromatic carbocycles. The molecule has 3 aliphatic heterocycles. The first-order valence-electron chi connectivity index (χ1n) is 10.8. The van der Waals surface area contributed by atoms with E-state index in [0.717, 1.165) is 35.4 Å². The molecule has 6 nitrogen and oxygen atoms in total. The van der Waals surface area contributed by atoms with E-state index in [1.165, 1.54) is 37.5 Å². The van der Waals surface area contributed by atoms with Gasteiger partial charge in [0.25, 0.3) is 0 Å². The van der Waals surface area contributed by atoms with E-state index in [1.807, 2.05) is 36.9 Å². The van der Waals surface area contributed by atoms with Crippen LogP contribution in [0.2, 0.25) is 0 Å². The van der Waals surface area contributed by atoms with Crippen LogP contribution < -0.4 is 5.32 Å². The lowest BCUT2D eigenvalue weighted by Crippen LogP contribution is -2.47. The van der Waals surface area contributed by atoms with Crippen molar-refractivity contribution in [3.05, 3.63) is 23.9 Å². The van der Waals surface area contributed by atoms with Crippen LogP contribution in [0, 0.1) is 11.8 Å². The second kappa shape index (κ2) is 8.79. The zero-order valence-electron chi connectivity index (χ0n) is 17.3. The normalized spacial score (nSPS) is 23.3. The van der Waals surface area contributed by atoms with E-state index in [4.69, 9.17) is 0 Å². The Kier molecular flexibility index (Phi) is 6.15. The number of rotatable bonds is 8. The van der Waals surface area contributed by atoms with Gasteiger partial charge >= 0.3 is 0 Å². The van der Waals surface area contributed by atoms with E-state index in [2.05, 4.69) is 14.6 Å². The van der Waals surface area contributed by atoms with Gasteiger partial charge in [0.1, 0.15) is 5.69 Å². The average Bonchev–Trinajstić information content (AvgIpc) is 3.17. The second-order valence-corrected chi connectivity index (χ2v) is 8.99. The molecule has 29 heavy (non-hydrogen) atoms. The van der Waals surface area contributed by atoms with Crippen LogP contribution in [0.4, 0.5) is 5.69 Å². The first kappa shape index (κ1) is 20.3. The smallest absolute Gasteiger partial charge is 0.241 e. The Morgan fingerprint density at radius 1 is 1.24 bits per heavy atom. The fourth-order valence-electron chi connectivity index (χ4n) is 4.77. The van der Waals surface area contributed by atoms with Gasteiger partial charge < -0.3 is 15.1 Å². The number of ketones is 1. The van der Waals surface area contributed by atoms with Crippen molar-refractivity contribution in [1.82, 2.24) is 14.2 Å². The summed E-state index contributed by atoms with van der Waals surface area (Å²) in [5, 5.41) is 4.14. The summed E-state index contributed by atoms with van der Waals surface area (Å²) in [5.41, 5.74) is 1.50. The minimum absolute atomic E-state index is 0.0905. The second-order valence-electron chi connectivity index (χ2n) is 8.19. The first-order valence-corrected chi connectivity index (χ1v) is 11.5. The quantitative estimate of drug-likeness (QED) is 0.670. The molecule has 1 aromatic heterocycles. The van der Waals surface area contributed by atoms with Crippen molar-refractivity contribution in [3.8, 4) is 0 Å². The highest BCUT2D eigenvalue weighted by atomic mass is 32.1. The van der Waals surface area contributed by atoms with Crippen molar-refractivity contribution in [2.75, 3.05) is 44.6 Å². The maximum absolute atomic E-state index is 13.0. The van der Waals surface area contributed by atoms with Crippen LogP contribution in [0.15, 0.2) is 18.2 Å². The lowest BCUT2D eigenvalue weighted by molar-refractivity contribution is -0.128. The van der Waals surface area contributed by atoms with Crippen molar-refractivity contribution >= 4 is 39.0 Å². The molecule has 1 atom stereocenters. The molecule has 3 aliphatic rings. The summed E-state index contributed by atoms with van der Waals surface area (Å²) in [5.74, 6) is 1.45. The zero-order chi connectivity index (χ0) is 20.4. The number of Topliss-reactive ketones (excluding diaryl/α,β-unsaturated/α-hetero) is 1. The van der Waals surface area contributed by atoms with E-state index in [1.54, 1.807) is 0 Å². The van der Waals surface area contributed by atoms with Gasteiger partial charge in [-0.2, -0.15) is 4.37 Å². The van der Waals surface area contributed by atoms with E-state index in [9.17, 15) is 9.59 Å². The van der Waals surface area contributed by atoms with Crippen LogP contribution in [-0.2, 0) is 4.79 Å². The van der Waals surface area contributed by atoms with Crippen molar-refractivity contribution < 1.29 is 9.59 Å². The van der Waals surface area contributed by atoms with Crippen LogP contribution >= 0.6 is 11.5 Å². The van der Waals surface area contributed by atoms with E-state index in [-0.39, 0.29) is 18.2 Å². The fraction of sp³-hybridized carbons (Fsp3) is 0.591. The summed E-state index contributed by atoms with van der Waals surface area (Å²) in [6.07, 6.45) is 3.08. The minimum atomic E-state index is 0.0905. The molecule has 2 bridgehead atoms. The molecule has 0 unspecified atom stereocenters. The monoisotopic (exact) mass is 414 g/mol. The molecule has 0 radical (unpaired) electrons. The number of hydrogen-bond acceptors (Lipinski definition) is 6. The molecule has 1 amide bonds. The maximum atomic E-state index is 13.0. The number of hydrogen-bond donors (Lipinski definition) is 1. The van der Waals surface area contributed by atoms with Crippen LogP contribution in [-0.4, -0.2) is 65.1 Å². The Balaban J connectivity index is 1.41. The maximum Gasteiger partial charge on any atom is 0.241 e. The number of nitrogens with zero attached hydrogens (tertiary/aromatic N) is 3. The number of carbonyl (C=O) groups excluding carboxylic acids is 2. The van der Waals surface area contributed by atoms with Gasteiger partial charge in [0.15, 0.2) is 5.78 Å². The molecule has 156 valence electrons. The Bertz CT molecular complexity index is 884. The third kappa shape index (κ3) is 4.31. The fourth-order valence-corrected chi connectivity index (χ4v) is 5.60. The number of nitrogens with one attached hydrogen (secondary N) is 1. The summed E-state index contributed by atoms with van der Waals surface area (Å²) >= 11 is 1.37. The summed E-state index contributed by atoms with van der Waals surface area (Å²) < 4.78 is 5.48. The van der Waals surface area contributed by atoms with Crippen molar-refractivity contribution in [1.29, 1.82) is 0 Å². The molecule has 0 saturated carbocycles. The molecule has 3 fully saturated rings. The number of fused-ring (bicyclic) bond motifs is 4. The van der Waals surface area contributed by atoms with Crippen LogP contribution in [0.5, 0.6) is 0 Å². The molecule has 0 spiro atoms. The molecule has 4 heterocycles. The minimum Gasteiger partial charge on any atom is -0.376 e. The SMILES string of the molecule is CCN(CC)C(=O)CNc1ccc2c(C(=O)C[C@@H]3CN4CCC3CC4)nsc2c1. The summed E-state index contributed by atoms with van der Waals surface area (Å²) in [4.78, 5) is 29.5. The zero-order valence-corrected chi connectivity index (χ0v) is 18.1. The lowest BCUT2D eigenvalue weighted by atomic mass is 9.76. The van der Waals surface area contributed by atoms with Crippen molar-refractivity contribution in [2.45, 2.75) is 33.1 Å². The van der Waals surface area contributed by atoms with Crippen molar-refractivity contribution in [2.24, 2.45) is 11.8 Å². The molecule has 5 rings (SSSR count). The molecule has 1 N–H and O–H groups in total. The van der Waals surface area contributed by atoms with Crippen LogP contribution in [0.3, 0.4) is 0 Å². The number of aromatic nitrogens is 1. The van der Waals surface area contributed by atoms with E-state index < -0.39 is 0 Å². The highest BCUT2D eigenvalue weighted by Crippen LogP contribution is 2.36. The predicted molar refractivity (Wildman–Crippen MR) is 118 cm³/mol. The van der Waals surface area contributed by atoms with Gasteiger partial charge in [-0.1, -0.05) is 0 Å². The van der Waals surface area contributed by atoms with Gasteiger partial charge in [-0.25, -0.2) is 0 Å². The van der Waals surface area contributed by atoms with Gasteiger partial charge in [0, 0.05) is 37.1 Å². The topological polar surface area (TPSA) is 65.5 Å². The number of anilines is 1. The van der Waals surface area contributed by atoms with Crippen LogP contribution in [0.25, 0.3) is 10.1 Å². The standard InChI is InChI=1S/C22H30N4O2S/c1-3-26(4-2)21(28)13-23-17-5-6-18-20(12-17)29-24-22(18)19(27)11-16-14-25-9-7-15(16)8-10-25/h5-6,12,15-16,23H,3-4,7-11,13-14H2,1-2H3/t16-/m1/s1. The van der Waals surface area contributed by atoms with E-state index in [0.29, 0.717) is 24.0 Å². The molecule has 3 saturated heterocycles. The third-order valence-corrected chi connectivity index (χ3v) is 7.34. The van der Waals surface area contributed by atoms with Crippen LogP contribution in [0.1, 0.15) is 43.6 Å². The largest absolute Gasteiger partial charge is 0.376 e. The number of benzene rings is 1. The molecule has 7 heteroatoms. The average molecular weight is 415 g/mol. The number of piperidine rings is 3. The highest BCUT2D eigenvalue weighted by Gasteiger charge is 2.35. The lowest BCUT2D eigenvalue weighted by Gasteiger charge is -2.44. The Morgan fingerprint density at radius 3 is 2.66 bits per heavy atom. The van der Waals surface area contributed by atoms with Gasteiger partial charge in [0.2, 0.25) is 5.91 Å². The van der Waals surface area contributed by atoms with Crippen molar-refractivity contribution in [3.63, 3.8) is 0 Å². The third-order valence-electron chi connectivity index (χ3n) is 6.54. The van der Waals surface area contributed by atoms with E-state index >= 15 is 0 Å². The molecule has 2 aromatic rings. The van der Waals surface area contributed by atoms with Gasteiger partial charge in [-0.15, -0.1) is 0 Å². The molecular formula is C22H30N4O2S. The summed E-state index contributed by atoms with van der Waals surface area (Å²) in [7, 11) is 0. The molecule has 0 aliphatic carbocycles. The van der Waals surface area contributed by atoms with Gasteiger partial charge in [-0.05, 0) is 81.3 Å². The Morgan fingerprint density at radius 2 is 2.00 bits per heavy atom. The summed E-state index contributed by atoms with van der Waals surface area (Å²) in [6, 6.07) is 5.90.